The van der Waals surface area contributed by atoms with Crippen molar-refractivity contribution in [1.82, 2.24) is 15.5 Å². The van der Waals surface area contributed by atoms with E-state index in [4.69, 9.17) is 4.74 Å². The second-order valence-corrected chi connectivity index (χ2v) is 5.84. The third-order valence-electron chi connectivity index (χ3n) is 4.19. The van der Waals surface area contributed by atoms with E-state index >= 15 is 0 Å². The largest absolute Gasteiger partial charge is 0.385 e. The summed E-state index contributed by atoms with van der Waals surface area (Å²) >= 11 is 0. The lowest BCUT2D eigenvalue weighted by molar-refractivity contribution is -0.121. The second kappa shape index (κ2) is 11.3. The second-order valence-electron chi connectivity index (χ2n) is 5.84. The number of nitrogens with zero attached hydrogens (tertiary/aromatic N) is 2. The van der Waals surface area contributed by atoms with Crippen LogP contribution in [0.3, 0.4) is 0 Å². The Balaban J connectivity index is 2.21. The lowest BCUT2D eigenvalue weighted by atomic mass is 9.93. The summed E-state index contributed by atoms with van der Waals surface area (Å²) in [4.78, 5) is 18.1. The van der Waals surface area contributed by atoms with Gasteiger partial charge >= 0.3 is 0 Å². The fourth-order valence-electron chi connectivity index (χ4n) is 2.79. The van der Waals surface area contributed by atoms with Crippen LogP contribution in [0.4, 0.5) is 0 Å². The molecule has 0 aromatic carbocycles. The number of hydrogen-bond donors (Lipinski definition) is 2. The number of nitrogens with one attached hydrogen (secondary N) is 2. The Hall–Kier alpha value is -1.30. The third-order valence-corrected chi connectivity index (χ3v) is 4.19. The number of carbonyl (C=O) groups excluding carboxylic acids is 1. The maximum Gasteiger partial charge on any atom is 0.220 e. The number of hydrogen-bond acceptors (Lipinski definition) is 3. The summed E-state index contributed by atoms with van der Waals surface area (Å²) in [6, 6.07) is 0. The quantitative estimate of drug-likeness (QED) is 0.402. The van der Waals surface area contributed by atoms with Crippen molar-refractivity contribution in [3.8, 4) is 0 Å². The first-order chi connectivity index (χ1) is 10.7. The molecule has 0 saturated carbocycles. The van der Waals surface area contributed by atoms with E-state index in [9.17, 15) is 4.79 Å². The monoisotopic (exact) mass is 312 g/mol. The molecule has 1 rings (SSSR count). The maximum atomic E-state index is 11.4. The fraction of sp³-hybridized carbons (Fsp3) is 0.875. The first-order valence-corrected chi connectivity index (χ1v) is 8.36. The van der Waals surface area contributed by atoms with Crippen molar-refractivity contribution in [2.75, 3.05) is 47.4 Å². The standard InChI is InChI=1S/C16H32N4O2/c1-17-15(21)13-14-7-10-20(11-8-14)16(18-2)19-9-5-4-6-12-22-3/h14H,4-13H2,1-3H3,(H,17,21)(H,18,19). The molecule has 1 amide bonds. The Morgan fingerprint density at radius 3 is 2.59 bits per heavy atom. The van der Waals surface area contributed by atoms with Crippen LogP contribution in [-0.4, -0.2) is 64.2 Å². The van der Waals surface area contributed by atoms with Crippen LogP contribution in [0.1, 0.15) is 38.5 Å². The van der Waals surface area contributed by atoms with Gasteiger partial charge in [-0.2, -0.15) is 0 Å². The highest BCUT2D eigenvalue weighted by atomic mass is 16.5. The molecule has 6 heteroatoms. The van der Waals surface area contributed by atoms with E-state index in [1.807, 2.05) is 7.05 Å². The Morgan fingerprint density at radius 2 is 2.00 bits per heavy atom. The average molecular weight is 312 g/mol. The van der Waals surface area contributed by atoms with E-state index in [-0.39, 0.29) is 5.91 Å². The van der Waals surface area contributed by atoms with Crippen LogP contribution in [-0.2, 0) is 9.53 Å². The van der Waals surface area contributed by atoms with Crippen molar-refractivity contribution >= 4 is 11.9 Å². The number of likely N-dealkylation sites (tertiary alicyclic amines) is 1. The Labute approximate surface area is 134 Å². The van der Waals surface area contributed by atoms with E-state index in [1.165, 1.54) is 6.42 Å². The van der Waals surface area contributed by atoms with E-state index in [2.05, 4.69) is 20.5 Å². The van der Waals surface area contributed by atoms with Gasteiger partial charge in [0.05, 0.1) is 0 Å². The molecule has 0 unspecified atom stereocenters. The molecule has 1 saturated heterocycles. The highest BCUT2D eigenvalue weighted by Gasteiger charge is 2.22. The average Bonchev–Trinajstić information content (AvgIpc) is 2.55. The molecule has 0 spiro atoms. The molecular formula is C16H32N4O2. The molecule has 2 N–H and O–H groups in total. The number of ether oxygens (including phenoxy) is 1. The summed E-state index contributed by atoms with van der Waals surface area (Å²) in [6.45, 7) is 3.75. The Bertz CT molecular complexity index is 339. The molecule has 0 bridgehead atoms. The Morgan fingerprint density at radius 1 is 1.27 bits per heavy atom. The van der Waals surface area contributed by atoms with Crippen molar-refractivity contribution in [3.63, 3.8) is 0 Å². The van der Waals surface area contributed by atoms with Gasteiger partial charge in [0.25, 0.3) is 0 Å². The maximum absolute atomic E-state index is 11.4. The number of piperidine rings is 1. The number of guanidine groups is 1. The third kappa shape index (κ3) is 7.11. The van der Waals surface area contributed by atoms with Crippen LogP contribution in [0.15, 0.2) is 4.99 Å². The zero-order valence-corrected chi connectivity index (χ0v) is 14.4. The summed E-state index contributed by atoms with van der Waals surface area (Å²) in [5.74, 6) is 1.64. The number of rotatable bonds is 8. The number of methoxy groups -OCH3 is 1. The van der Waals surface area contributed by atoms with Gasteiger partial charge in [-0.15, -0.1) is 0 Å². The van der Waals surface area contributed by atoms with E-state index in [0.717, 1.165) is 57.9 Å². The number of unbranched alkanes of at least 4 members (excludes halogenated alkanes) is 2. The van der Waals surface area contributed by atoms with Gasteiger partial charge in [-0.3, -0.25) is 9.79 Å². The zero-order valence-electron chi connectivity index (χ0n) is 14.4. The smallest absolute Gasteiger partial charge is 0.220 e. The minimum Gasteiger partial charge on any atom is -0.385 e. The van der Waals surface area contributed by atoms with Crippen molar-refractivity contribution in [2.24, 2.45) is 10.9 Å². The summed E-state index contributed by atoms with van der Waals surface area (Å²) in [5, 5.41) is 6.15. The SMILES string of the molecule is CN=C(NCCCCCOC)N1CCC(CC(=O)NC)CC1. The molecule has 0 atom stereocenters. The highest BCUT2D eigenvalue weighted by Crippen LogP contribution is 2.20. The number of carbonyl (C=O) groups is 1. The summed E-state index contributed by atoms with van der Waals surface area (Å²) < 4.78 is 5.05. The number of amides is 1. The minimum atomic E-state index is 0.150. The predicted molar refractivity (Wildman–Crippen MR) is 90.1 cm³/mol. The van der Waals surface area contributed by atoms with Gasteiger partial charge in [0.1, 0.15) is 0 Å². The van der Waals surface area contributed by atoms with Gasteiger partial charge < -0.3 is 20.3 Å². The van der Waals surface area contributed by atoms with E-state index in [0.29, 0.717) is 12.3 Å². The summed E-state index contributed by atoms with van der Waals surface area (Å²) in [5.41, 5.74) is 0. The van der Waals surface area contributed by atoms with Gasteiger partial charge in [-0.05, 0) is 38.0 Å². The molecule has 0 aromatic heterocycles. The topological polar surface area (TPSA) is 66.0 Å². The van der Waals surface area contributed by atoms with Crippen LogP contribution in [0.2, 0.25) is 0 Å². The van der Waals surface area contributed by atoms with Crippen molar-refractivity contribution in [3.05, 3.63) is 0 Å². The molecule has 0 radical (unpaired) electrons. The van der Waals surface area contributed by atoms with Gasteiger partial charge in [0, 0.05) is 53.9 Å². The van der Waals surface area contributed by atoms with Gasteiger partial charge in [0.2, 0.25) is 5.91 Å². The van der Waals surface area contributed by atoms with Crippen LogP contribution in [0.25, 0.3) is 0 Å². The van der Waals surface area contributed by atoms with Crippen LogP contribution in [0.5, 0.6) is 0 Å². The molecule has 1 fully saturated rings. The molecular weight excluding hydrogens is 280 g/mol. The molecule has 6 nitrogen and oxygen atoms in total. The minimum absolute atomic E-state index is 0.150. The first kappa shape index (κ1) is 18.7. The van der Waals surface area contributed by atoms with Crippen molar-refractivity contribution in [1.29, 1.82) is 0 Å². The summed E-state index contributed by atoms with van der Waals surface area (Å²) in [6.07, 6.45) is 6.18. The molecule has 1 aliphatic rings. The van der Waals surface area contributed by atoms with Gasteiger partial charge in [-0.1, -0.05) is 0 Å². The predicted octanol–water partition coefficient (Wildman–Crippen LogP) is 1.23. The molecule has 22 heavy (non-hydrogen) atoms. The van der Waals surface area contributed by atoms with Crippen LogP contribution < -0.4 is 10.6 Å². The first-order valence-electron chi connectivity index (χ1n) is 8.36. The van der Waals surface area contributed by atoms with Crippen molar-refractivity contribution < 1.29 is 9.53 Å². The molecule has 1 heterocycles. The van der Waals surface area contributed by atoms with Crippen molar-refractivity contribution in [2.45, 2.75) is 38.5 Å². The molecule has 128 valence electrons. The molecule has 0 aromatic rings. The lowest BCUT2D eigenvalue weighted by Crippen LogP contribution is -2.46. The van der Waals surface area contributed by atoms with Gasteiger partial charge in [-0.25, -0.2) is 0 Å². The van der Waals surface area contributed by atoms with Crippen LogP contribution >= 0.6 is 0 Å². The summed E-state index contributed by atoms with van der Waals surface area (Å²) in [7, 11) is 5.29. The van der Waals surface area contributed by atoms with E-state index < -0.39 is 0 Å². The van der Waals surface area contributed by atoms with Crippen LogP contribution in [0, 0.1) is 5.92 Å². The number of aliphatic imine (C=N–C) groups is 1. The normalized spacial score (nSPS) is 16.7. The molecule has 0 aliphatic carbocycles. The zero-order chi connectivity index (χ0) is 16.2. The van der Waals surface area contributed by atoms with E-state index in [1.54, 1.807) is 14.2 Å². The lowest BCUT2D eigenvalue weighted by Gasteiger charge is -2.34. The fourth-order valence-corrected chi connectivity index (χ4v) is 2.79. The Kier molecular flexibility index (Phi) is 9.62. The highest BCUT2D eigenvalue weighted by molar-refractivity contribution is 5.80. The van der Waals surface area contributed by atoms with Gasteiger partial charge in [0.15, 0.2) is 5.96 Å². The molecule has 1 aliphatic heterocycles.